The zero-order valence-corrected chi connectivity index (χ0v) is 10.5. The van der Waals surface area contributed by atoms with Crippen LogP contribution in [0.1, 0.15) is 25.7 Å². The van der Waals surface area contributed by atoms with Crippen molar-refractivity contribution in [3.8, 4) is 5.75 Å². The van der Waals surface area contributed by atoms with Crippen molar-refractivity contribution >= 4 is 23.2 Å². The lowest BCUT2D eigenvalue weighted by Crippen LogP contribution is -1.97. The van der Waals surface area contributed by atoms with Crippen LogP contribution in [-0.2, 0) is 0 Å². The highest BCUT2D eigenvalue weighted by Crippen LogP contribution is 2.20. The van der Waals surface area contributed by atoms with Crippen molar-refractivity contribution in [1.82, 2.24) is 0 Å². The second kappa shape index (κ2) is 7.75. The molecule has 0 heterocycles. The largest absolute Gasteiger partial charge is 0.493 e. The zero-order valence-electron chi connectivity index (χ0n) is 9.02. The van der Waals surface area contributed by atoms with Crippen molar-refractivity contribution < 1.29 is 9.13 Å². The number of benzene rings is 1. The van der Waals surface area contributed by atoms with Crippen LogP contribution in [0.4, 0.5) is 4.39 Å². The van der Waals surface area contributed by atoms with Crippen molar-refractivity contribution in [3.63, 3.8) is 0 Å². The van der Waals surface area contributed by atoms with E-state index in [0.29, 0.717) is 18.2 Å². The third-order valence-corrected chi connectivity index (χ3v) is 2.76. The van der Waals surface area contributed by atoms with E-state index in [1.807, 2.05) is 0 Å². The van der Waals surface area contributed by atoms with Gasteiger partial charge in [-0.15, -0.1) is 11.6 Å². The second-order valence-corrected chi connectivity index (χ2v) is 4.31. The molecule has 0 amide bonds. The lowest BCUT2D eigenvalue weighted by Gasteiger charge is -2.06. The first-order valence-electron chi connectivity index (χ1n) is 5.38. The van der Waals surface area contributed by atoms with Crippen molar-refractivity contribution in [3.05, 3.63) is 29.0 Å². The highest BCUT2D eigenvalue weighted by molar-refractivity contribution is 6.30. The molecule has 0 bridgehead atoms. The van der Waals surface area contributed by atoms with Gasteiger partial charge in [0.15, 0.2) is 0 Å². The summed E-state index contributed by atoms with van der Waals surface area (Å²) in [5, 5.41) is 0.120. The molecule has 0 N–H and O–H groups in total. The van der Waals surface area contributed by atoms with Gasteiger partial charge < -0.3 is 4.74 Å². The van der Waals surface area contributed by atoms with Crippen molar-refractivity contribution in [2.24, 2.45) is 0 Å². The van der Waals surface area contributed by atoms with E-state index in [2.05, 4.69) is 0 Å². The average Bonchev–Trinajstić information content (AvgIpc) is 2.28. The molecule has 90 valence electrons. The van der Waals surface area contributed by atoms with Gasteiger partial charge in [-0.25, -0.2) is 4.39 Å². The number of hydrogen-bond acceptors (Lipinski definition) is 1. The van der Waals surface area contributed by atoms with Crippen molar-refractivity contribution in [2.45, 2.75) is 25.7 Å². The van der Waals surface area contributed by atoms with E-state index in [-0.39, 0.29) is 5.02 Å². The summed E-state index contributed by atoms with van der Waals surface area (Å²) in [4.78, 5) is 0. The van der Waals surface area contributed by atoms with Crippen LogP contribution in [-0.4, -0.2) is 12.5 Å². The summed E-state index contributed by atoms with van der Waals surface area (Å²) in [6, 6.07) is 4.48. The van der Waals surface area contributed by atoms with Crippen LogP contribution in [0, 0.1) is 5.82 Å². The first-order valence-corrected chi connectivity index (χ1v) is 6.29. The minimum Gasteiger partial charge on any atom is -0.493 e. The molecular formula is C12H15Cl2FO. The van der Waals surface area contributed by atoms with Crippen LogP contribution in [0.3, 0.4) is 0 Å². The smallest absolute Gasteiger partial charge is 0.145 e. The predicted molar refractivity (Wildman–Crippen MR) is 66.1 cm³/mol. The van der Waals surface area contributed by atoms with Crippen LogP contribution in [0.15, 0.2) is 18.2 Å². The van der Waals surface area contributed by atoms with E-state index in [0.717, 1.165) is 25.7 Å². The Labute approximate surface area is 106 Å². The fourth-order valence-electron chi connectivity index (χ4n) is 1.31. The topological polar surface area (TPSA) is 9.23 Å². The number of ether oxygens (including phenoxy) is 1. The van der Waals surface area contributed by atoms with Gasteiger partial charge in [0.25, 0.3) is 0 Å². The minimum atomic E-state index is -0.443. The van der Waals surface area contributed by atoms with E-state index in [1.165, 1.54) is 12.1 Å². The van der Waals surface area contributed by atoms with Crippen LogP contribution in [0.25, 0.3) is 0 Å². The third kappa shape index (κ3) is 5.04. The predicted octanol–water partition coefficient (Wildman–Crippen LogP) is 4.66. The molecule has 0 aromatic heterocycles. The molecule has 16 heavy (non-hydrogen) atoms. The third-order valence-electron chi connectivity index (χ3n) is 2.19. The lowest BCUT2D eigenvalue weighted by atomic mass is 10.2. The molecule has 1 rings (SSSR count). The van der Waals surface area contributed by atoms with Gasteiger partial charge in [-0.05, 0) is 25.0 Å². The first-order chi connectivity index (χ1) is 7.74. The first kappa shape index (κ1) is 13.6. The van der Waals surface area contributed by atoms with Gasteiger partial charge in [0.05, 0.1) is 11.6 Å². The van der Waals surface area contributed by atoms with E-state index < -0.39 is 5.82 Å². The van der Waals surface area contributed by atoms with Crippen LogP contribution in [0.2, 0.25) is 5.02 Å². The average molecular weight is 265 g/mol. The van der Waals surface area contributed by atoms with Crippen LogP contribution < -0.4 is 4.74 Å². The van der Waals surface area contributed by atoms with Crippen molar-refractivity contribution in [1.29, 1.82) is 0 Å². The maximum Gasteiger partial charge on any atom is 0.145 e. The molecule has 0 fully saturated rings. The number of hydrogen-bond donors (Lipinski definition) is 0. The van der Waals surface area contributed by atoms with Gasteiger partial charge in [0.2, 0.25) is 0 Å². The second-order valence-electron chi connectivity index (χ2n) is 3.53. The summed E-state index contributed by atoms with van der Waals surface area (Å²) in [6.45, 7) is 0.601. The monoisotopic (exact) mass is 264 g/mol. The summed E-state index contributed by atoms with van der Waals surface area (Å²) in [7, 11) is 0. The Morgan fingerprint density at radius 1 is 1.12 bits per heavy atom. The Balaban J connectivity index is 2.19. The summed E-state index contributed by atoms with van der Waals surface area (Å²) in [5.74, 6) is 0.795. The molecule has 0 atom stereocenters. The quantitative estimate of drug-likeness (QED) is 0.514. The van der Waals surface area contributed by atoms with E-state index in [4.69, 9.17) is 27.9 Å². The van der Waals surface area contributed by atoms with E-state index >= 15 is 0 Å². The fourth-order valence-corrected chi connectivity index (χ4v) is 1.61. The SMILES string of the molecule is Fc1cc(OCCCCCCCl)ccc1Cl. The Hall–Kier alpha value is -0.470. The Morgan fingerprint density at radius 3 is 2.56 bits per heavy atom. The number of rotatable bonds is 7. The summed E-state index contributed by atoms with van der Waals surface area (Å²) in [6.07, 6.45) is 4.20. The molecule has 1 nitrogen and oxygen atoms in total. The molecule has 0 spiro atoms. The molecule has 0 aliphatic rings. The van der Waals surface area contributed by atoms with Gasteiger partial charge in [-0.1, -0.05) is 24.4 Å². The number of halogens is 3. The molecule has 0 saturated heterocycles. The van der Waals surface area contributed by atoms with Crippen LogP contribution >= 0.6 is 23.2 Å². The molecular weight excluding hydrogens is 250 g/mol. The molecule has 1 aromatic rings. The highest BCUT2D eigenvalue weighted by atomic mass is 35.5. The van der Waals surface area contributed by atoms with Gasteiger partial charge in [-0.3, -0.25) is 0 Å². The van der Waals surface area contributed by atoms with Gasteiger partial charge in [-0.2, -0.15) is 0 Å². The van der Waals surface area contributed by atoms with E-state index in [9.17, 15) is 4.39 Å². The molecule has 0 radical (unpaired) electrons. The summed E-state index contributed by atoms with van der Waals surface area (Å²) >= 11 is 11.1. The maximum absolute atomic E-state index is 13.0. The molecule has 0 aliphatic carbocycles. The minimum absolute atomic E-state index is 0.120. The number of alkyl halides is 1. The highest BCUT2D eigenvalue weighted by Gasteiger charge is 2.01. The summed E-state index contributed by atoms with van der Waals surface area (Å²) < 4.78 is 18.4. The molecule has 0 unspecified atom stereocenters. The lowest BCUT2D eigenvalue weighted by molar-refractivity contribution is 0.303. The van der Waals surface area contributed by atoms with Gasteiger partial charge in [0.1, 0.15) is 11.6 Å². The summed E-state index contributed by atoms with van der Waals surface area (Å²) in [5.41, 5.74) is 0. The molecule has 1 aromatic carbocycles. The Morgan fingerprint density at radius 2 is 1.88 bits per heavy atom. The van der Waals surface area contributed by atoms with Crippen molar-refractivity contribution in [2.75, 3.05) is 12.5 Å². The molecule has 0 saturated carbocycles. The molecule has 4 heteroatoms. The molecule has 0 aliphatic heterocycles. The van der Waals surface area contributed by atoms with Crippen LogP contribution in [0.5, 0.6) is 5.75 Å². The Bertz CT molecular complexity index is 318. The maximum atomic E-state index is 13.0. The fraction of sp³-hybridized carbons (Fsp3) is 0.500. The standard InChI is InChI=1S/C12H15Cl2FO/c13-7-3-1-2-4-8-16-10-5-6-11(14)12(15)9-10/h5-6,9H,1-4,7-8H2. The normalized spacial score (nSPS) is 10.4. The van der Waals surface area contributed by atoms with E-state index in [1.54, 1.807) is 6.07 Å². The van der Waals surface area contributed by atoms with Gasteiger partial charge in [0, 0.05) is 11.9 Å². The number of unbranched alkanes of at least 4 members (excludes halogenated alkanes) is 3. The van der Waals surface area contributed by atoms with Gasteiger partial charge >= 0.3 is 0 Å². The Kier molecular flexibility index (Phi) is 6.58. The zero-order chi connectivity index (χ0) is 11.8.